The van der Waals surface area contributed by atoms with Crippen molar-refractivity contribution in [2.45, 2.75) is 18.0 Å². The van der Waals surface area contributed by atoms with Crippen molar-refractivity contribution in [2.75, 3.05) is 7.05 Å². The van der Waals surface area contributed by atoms with Gasteiger partial charge in [0.05, 0.1) is 17.7 Å². The minimum Gasteiger partial charge on any atom is -0.392 e. The molecule has 1 N–H and O–H groups in total. The largest absolute Gasteiger partial charge is 0.392 e. The number of benzene rings is 1. The Morgan fingerprint density at radius 3 is 2.65 bits per heavy atom. The number of aryl methyl sites for hydroxylation is 1. The van der Waals surface area contributed by atoms with Crippen LogP contribution in [0.2, 0.25) is 0 Å². The summed E-state index contributed by atoms with van der Waals surface area (Å²) < 4.78 is 27.9. The van der Waals surface area contributed by atoms with Crippen LogP contribution >= 0.6 is 0 Å². The summed E-state index contributed by atoms with van der Waals surface area (Å²) in [4.78, 5) is 0.133. The lowest BCUT2D eigenvalue weighted by atomic mass is 10.2. The fraction of sp³-hybridized carbons (Fsp3) is 0.308. The molecule has 0 saturated heterocycles. The molecule has 0 aliphatic heterocycles. The minimum absolute atomic E-state index is 0.133. The lowest BCUT2D eigenvalue weighted by Crippen LogP contribution is -2.27. The van der Waals surface area contributed by atoms with Crippen LogP contribution in [0.15, 0.2) is 41.6 Å². The predicted octanol–water partition coefficient (Wildman–Crippen LogP) is 0.733. The predicted molar refractivity (Wildman–Crippen MR) is 74.2 cm³/mol. The molecular formula is C13H17N3O3S. The van der Waals surface area contributed by atoms with E-state index >= 15 is 0 Å². The summed E-state index contributed by atoms with van der Waals surface area (Å²) in [5.41, 5.74) is 1.20. The molecule has 0 aliphatic rings. The second kappa shape index (κ2) is 5.74. The summed E-state index contributed by atoms with van der Waals surface area (Å²) in [6.45, 7) is -0.0773. The molecule has 6 nitrogen and oxygen atoms in total. The van der Waals surface area contributed by atoms with E-state index in [9.17, 15) is 13.5 Å². The molecule has 0 atom stereocenters. The van der Waals surface area contributed by atoms with Crippen LogP contribution in [0, 0.1) is 0 Å². The summed E-state index contributed by atoms with van der Waals surface area (Å²) in [6.07, 6.45) is 3.40. The van der Waals surface area contributed by atoms with Gasteiger partial charge in [0.15, 0.2) is 0 Å². The minimum atomic E-state index is -3.63. The van der Waals surface area contributed by atoms with Gasteiger partial charge in [-0.25, -0.2) is 8.42 Å². The highest BCUT2D eigenvalue weighted by Gasteiger charge is 2.23. The second-order valence-corrected chi connectivity index (χ2v) is 6.56. The molecule has 0 fully saturated rings. The molecule has 2 rings (SSSR count). The zero-order valence-corrected chi connectivity index (χ0v) is 12.2. The van der Waals surface area contributed by atoms with Crippen molar-refractivity contribution in [1.29, 1.82) is 0 Å². The molecular weight excluding hydrogens is 278 g/mol. The summed E-state index contributed by atoms with van der Waals surface area (Å²) >= 11 is 0. The monoisotopic (exact) mass is 295 g/mol. The van der Waals surface area contributed by atoms with Crippen molar-refractivity contribution in [1.82, 2.24) is 14.1 Å². The van der Waals surface area contributed by atoms with Gasteiger partial charge in [-0.1, -0.05) is 18.2 Å². The first kappa shape index (κ1) is 14.7. The molecule has 1 aromatic heterocycles. The van der Waals surface area contributed by atoms with Gasteiger partial charge in [0, 0.05) is 32.4 Å². The molecule has 0 unspecified atom stereocenters. The summed E-state index contributed by atoms with van der Waals surface area (Å²) in [5, 5.41) is 13.3. The van der Waals surface area contributed by atoms with Crippen LogP contribution in [0.4, 0.5) is 0 Å². The molecule has 108 valence electrons. The highest BCUT2D eigenvalue weighted by Crippen LogP contribution is 2.20. The van der Waals surface area contributed by atoms with Crippen molar-refractivity contribution < 1.29 is 13.5 Å². The standard InChI is InChI=1S/C13H17N3O3S/c1-15-8-11(7-14-15)9-16(2)20(18,19)13-6-4-3-5-12(13)10-17/h3-8,17H,9-10H2,1-2H3. The van der Waals surface area contributed by atoms with Crippen molar-refractivity contribution in [3.63, 3.8) is 0 Å². The molecule has 0 radical (unpaired) electrons. The smallest absolute Gasteiger partial charge is 0.243 e. The average Bonchev–Trinajstić information content (AvgIpc) is 2.84. The lowest BCUT2D eigenvalue weighted by molar-refractivity contribution is 0.278. The molecule has 1 aromatic carbocycles. The van der Waals surface area contributed by atoms with Gasteiger partial charge >= 0.3 is 0 Å². The SMILES string of the molecule is CN(Cc1cnn(C)c1)S(=O)(=O)c1ccccc1CO. The van der Waals surface area contributed by atoms with E-state index in [2.05, 4.69) is 5.10 Å². The van der Waals surface area contributed by atoms with Crippen molar-refractivity contribution in [3.05, 3.63) is 47.8 Å². The maximum Gasteiger partial charge on any atom is 0.243 e. The van der Waals surface area contributed by atoms with E-state index in [0.29, 0.717) is 5.56 Å². The third kappa shape index (κ3) is 2.90. The first-order valence-corrected chi connectivity index (χ1v) is 7.52. The third-order valence-electron chi connectivity index (χ3n) is 2.99. The van der Waals surface area contributed by atoms with Crippen LogP contribution in [-0.4, -0.2) is 34.7 Å². The second-order valence-electron chi connectivity index (χ2n) is 4.55. The van der Waals surface area contributed by atoms with Gasteiger partial charge < -0.3 is 5.11 Å². The quantitative estimate of drug-likeness (QED) is 0.882. The van der Waals surface area contributed by atoms with Crippen LogP contribution in [0.1, 0.15) is 11.1 Å². The number of hydrogen-bond donors (Lipinski definition) is 1. The van der Waals surface area contributed by atoms with Gasteiger partial charge in [-0.05, 0) is 11.6 Å². The lowest BCUT2D eigenvalue weighted by Gasteiger charge is -2.18. The van der Waals surface area contributed by atoms with E-state index in [1.165, 1.54) is 17.4 Å². The van der Waals surface area contributed by atoms with Gasteiger partial charge in [0.2, 0.25) is 10.0 Å². The fourth-order valence-corrected chi connectivity index (χ4v) is 3.32. The van der Waals surface area contributed by atoms with Crippen molar-refractivity contribution in [3.8, 4) is 0 Å². The highest BCUT2D eigenvalue weighted by molar-refractivity contribution is 7.89. The normalized spacial score (nSPS) is 12.0. The summed E-state index contributed by atoms with van der Waals surface area (Å²) in [7, 11) is -0.347. The molecule has 0 saturated carbocycles. The number of aliphatic hydroxyl groups excluding tert-OH is 1. The van der Waals surface area contributed by atoms with Crippen LogP contribution < -0.4 is 0 Å². The Morgan fingerprint density at radius 2 is 2.05 bits per heavy atom. The molecule has 0 amide bonds. The maximum atomic E-state index is 12.5. The molecule has 2 aromatic rings. The molecule has 0 aliphatic carbocycles. The number of aromatic nitrogens is 2. The number of rotatable bonds is 5. The van der Waals surface area contributed by atoms with Crippen LogP contribution in [-0.2, 0) is 30.2 Å². The summed E-state index contributed by atoms with van der Waals surface area (Å²) in [6, 6.07) is 6.45. The average molecular weight is 295 g/mol. The Bertz CT molecular complexity index is 694. The Morgan fingerprint density at radius 1 is 1.35 bits per heavy atom. The van der Waals surface area contributed by atoms with Crippen LogP contribution in [0.5, 0.6) is 0 Å². The van der Waals surface area contributed by atoms with E-state index in [0.717, 1.165) is 5.56 Å². The Kier molecular flexibility index (Phi) is 4.22. The number of aliphatic hydroxyl groups is 1. The zero-order valence-electron chi connectivity index (χ0n) is 11.4. The topological polar surface area (TPSA) is 75.4 Å². The van der Waals surface area contributed by atoms with Gasteiger partial charge in [-0.3, -0.25) is 4.68 Å². The first-order chi connectivity index (χ1) is 9.45. The molecule has 0 bridgehead atoms. The Balaban J connectivity index is 2.29. The fourth-order valence-electron chi connectivity index (χ4n) is 1.95. The third-order valence-corrected chi connectivity index (χ3v) is 4.90. The van der Waals surface area contributed by atoms with E-state index < -0.39 is 10.0 Å². The Hall–Kier alpha value is -1.70. The summed E-state index contributed by atoms with van der Waals surface area (Å²) in [5.74, 6) is 0. The number of hydrogen-bond acceptors (Lipinski definition) is 4. The van der Waals surface area contributed by atoms with Gasteiger partial charge in [-0.15, -0.1) is 0 Å². The van der Waals surface area contributed by atoms with Gasteiger partial charge in [-0.2, -0.15) is 9.40 Å². The molecule has 0 spiro atoms. The Labute approximate surface area is 118 Å². The zero-order chi connectivity index (χ0) is 14.8. The van der Waals surface area contributed by atoms with Crippen molar-refractivity contribution >= 4 is 10.0 Å². The highest BCUT2D eigenvalue weighted by atomic mass is 32.2. The van der Waals surface area contributed by atoms with Gasteiger partial charge in [0.25, 0.3) is 0 Å². The van der Waals surface area contributed by atoms with E-state index in [4.69, 9.17) is 0 Å². The molecule has 20 heavy (non-hydrogen) atoms. The van der Waals surface area contributed by atoms with Crippen LogP contribution in [0.25, 0.3) is 0 Å². The van der Waals surface area contributed by atoms with E-state index in [1.807, 2.05) is 0 Å². The van der Waals surface area contributed by atoms with E-state index in [1.54, 1.807) is 42.3 Å². The molecule has 1 heterocycles. The molecule has 7 heteroatoms. The maximum absolute atomic E-state index is 12.5. The number of nitrogens with zero attached hydrogens (tertiary/aromatic N) is 3. The van der Waals surface area contributed by atoms with E-state index in [-0.39, 0.29) is 18.0 Å². The van der Waals surface area contributed by atoms with Gasteiger partial charge in [0.1, 0.15) is 0 Å². The first-order valence-electron chi connectivity index (χ1n) is 6.08. The van der Waals surface area contributed by atoms with Crippen LogP contribution in [0.3, 0.4) is 0 Å². The van der Waals surface area contributed by atoms with Crippen molar-refractivity contribution in [2.24, 2.45) is 7.05 Å². The number of sulfonamides is 1.